The van der Waals surface area contributed by atoms with E-state index in [1.807, 2.05) is 30.3 Å². The summed E-state index contributed by atoms with van der Waals surface area (Å²) in [4.78, 5) is 30.0. The summed E-state index contributed by atoms with van der Waals surface area (Å²) in [6.45, 7) is 1.29. The topological polar surface area (TPSA) is 97.0 Å². The van der Waals surface area contributed by atoms with E-state index in [-0.39, 0.29) is 24.5 Å². The third-order valence-electron chi connectivity index (χ3n) is 4.25. The van der Waals surface area contributed by atoms with Gasteiger partial charge in [-0.2, -0.15) is 14.6 Å². The van der Waals surface area contributed by atoms with Crippen LogP contribution in [0.2, 0.25) is 0 Å². The standard InChI is InChI=1S/C17H16N4O4S/c22-13-8-14(23)21-16(18-13)26-15(19-21)12-6-7-20(9-12)17(24)25-10-11-4-2-1-3-5-11/h1-5,8,12,22H,6-7,9-10H2. The van der Waals surface area contributed by atoms with E-state index in [1.165, 1.54) is 15.9 Å². The number of hydrogen-bond donors (Lipinski definition) is 1. The fourth-order valence-corrected chi connectivity index (χ4v) is 3.94. The van der Waals surface area contributed by atoms with Crippen LogP contribution in [0.5, 0.6) is 5.88 Å². The van der Waals surface area contributed by atoms with Crippen LogP contribution in [-0.2, 0) is 11.3 Å². The summed E-state index contributed by atoms with van der Waals surface area (Å²) in [6, 6.07) is 10.5. The normalized spacial score (nSPS) is 16.9. The number of carbonyl (C=O) groups is 1. The van der Waals surface area contributed by atoms with Crippen LogP contribution in [0.3, 0.4) is 0 Å². The third kappa shape index (κ3) is 3.25. The van der Waals surface area contributed by atoms with Gasteiger partial charge in [0.1, 0.15) is 11.6 Å². The van der Waals surface area contributed by atoms with E-state index in [1.54, 1.807) is 4.90 Å². The monoisotopic (exact) mass is 372 g/mol. The van der Waals surface area contributed by atoms with Crippen molar-refractivity contribution in [2.75, 3.05) is 13.1 Å². The lowest BCUT2D eigenvalue weighted by Gasteiger charge is -2.15. The van der Waals surface area contributed by atoms with E-state index in [2.05, 4.69) is 10.1 Å². The molecule has 9 heteroatoms. The van der Waals surface area contributed by atoms with Crippen molar-refractivity contribution in [3.63, 3.8) is 0 Å². The summed E-state index contributed by atoms with van der Waals surface area (Å²) >= 11 is 1.25. The molecule has 2 aromatic heterocycles. The average Bonchev–Trinajstić information content (AvgIpc) is 3.27. The molecule has 1 fully saturated rings. The molecular weight excluding hydrogens is 356 g/mol. The van der Waals surface area contributed by atoms with Crippen LogP contribution in [0.4, 0.5) is 4.79 Å². The van der Waals surface area contributed by atoms with Crippen molar-refractivity contribution in [3.05, 3.63) is 57.3 Å². The zero-order valence-electron chi connectivity index (χ0n) is 13.7. The quantitative estimate of drug-likeness (QED) is 0.755. The van der Waals surface area contributed by atoms with Gasteiger partial charge in [0.15, 0.2) is 0 Å². The molecule has 0 radical (unpaired) electrons. The van der Waals surface area contributed by atoms with Crippen LogP contribution in [-0.4, -0.2) is 43.8 Å². The van der Waals surface area contributed by atoms with Crippen LogP contribution in [0.15, 0.2) is 41.2 Å². The summed E-state index contributed by atoms with van der Waals surface area (Å²) in [5.41, 5.74) is 0.514. The number of benzene rings is 1. The SMILES string of the molecule is O=C(OCc1ccccc1)N1CCC(c2nn3c(=O)cc(O)nc3s2)C1. The first-order valence-corrected chi connectivity index (χ1v) is 8.97. The molecule has 26 heavy (non-hydrogen) atoms. The largest absolute Gasteiger partial charge is 0.493 e. The zero-order chi connectivity index (χ0) is 18.1. The number of aromatic nitrogens is 3. The maximum atomic E-state index is 12.3. The lowest BCUT2D eigenvalue weighted by molar-refractivity contribution is 0.104. The van der Waals surface area contributed by atoms with Gasteiger partial charge in [-0.15, -0.1) is 0 Å². The van der Waals surface area contributed by atoms with Gasteiger partial charge < -0.3 is 14.7 Å². The Hall–Kier alpha value is -2.94. The van der Waals surface area contributed by atoms with E-state index in [9.17, 15) is 14.7 Å². The number of hydrogen-bond acceptors (Lipinski definition) is 7. The minimum absolute atomic E-state index is 0.0209. The molecule has 0 aliphatic carbocycles. The number of rotatable bonds is 3. The Labute approximate surface area is 152 Å². The van der Waals surface area contributed by atoms with E-state index in [4.69, 9.17) is 4.74 Å². The van der Waals surface area contributed by atoms with Crippen LogP contribution >= 0.6 is 11.3 Å². The summed E-state index contributed by atoms with van der Waals surface area (Å²) in [5, 5.41) is 14.5. The first-order valence-electron chi connectivity index (χ1n) is 8.15. The smallest absolute Gasteiger partial charge is 0.410 e. The van der Waals surface area contributed by atoms with Gasteiger partial charge in [0.25, 0.3) is 5.56 Å². The molecule has 0 saturated carbocycles. The van der Waals surface area contributed by atoms with Crippen molar-refractivity contribution >= 4 is 22.4 Å². The molecule has 134 valence electrons. The van der Waals surface area contributed by atoms with Crippen LogP contribution in [0.25, 0.3) is 4.96 Å². The highest BCUT2D eigenvalue weighted by molar-refractivity contribution is 7.16. The van der Waals surface area contributed by atoms with Crippen molar-refractivity contribution in [3.8, 4) is 5.88 Å². The lowest BCUT2D eigenvalue weighted by atomic mass is 10.1. The van der Waals surface area contributed by atoms with Gasteiger partial charge in [-0.25, -0.2) is 4.79 Å². The highest BCUT2D eigenvalue weighted by Crippen LogP contribution is 2.30. The molecule has 0 spiro atoms. The van der Waals surface area contributed by atoms with Crippen LogP contribution in [0.1, 0.15) is 22.9 Å². The summed E-state index contributed by atoms with van der Waals surface area (Å²) in [7, 11) is 0. The first kappa shape index (κ1) is 16.5. The molecule has 1 amide bonds. The Bertz CT molecular complexity index is 1000. The Morgan fingerprint density at radius 3 is 2.96 bits per heavy atom. The fraction of sp³-hybridized carbons (Fsp3) is 0.294. The van der Waals surface area contributed by atoms with Gasteiger partial charge in [-0.3, -0.25) is 4.79 Å². The van der Waals surface area contributed by atoms with Crippen molar-refractivity contribution in [2.24, 2.45) is 0 Å². The second kappa shape index (κ2) is 6.75. The van der Waals surface area contributed by atoms with Gasteiger partial charge in [-0.05, 0) is 12.0 Å². The van der Waals surface area contributed by atoms with Crippen molar-refractivity contribution < 1.29 is 14.6 Å². The molecule has 1 atom stereocenters. The molecule has 1 aromatic carbocycles. The Kier molecular flexibility index (Phi) is 4.29. The number of amides is 1. The Balaban J connectivity index is 1.42. The number of fused-ring (bicyclic) bond motifs is 1. The second-order valence-corrected chi connectivity index (χ2v) is 7.05. The van der Waals surface area contributed by atoms with Crippen molar-refractivity contribution in [1.29, 1.82) is 0 Å². The Morgan fingerprint density at radius 2 is 2.15 bits per heavy atom. The van der Waals surface area contributed by atoms with Crippen molar-refractivity contribution in [2.45, 2.75) is 18.9 Å². The number of aromatic hydroxyl groups is 1. The molecular formula is C17H16N4O4S. The third-order valence-corrected chi connectivity index (χ3v) is 5.32. The second-order valence-electron chi connectivity index (χ2n) is 6.06. The van der Waals surface area contributed by atoms with Gasteiger partial charge in [-0.1, -0.05) is 41.7 Å². The summed E-state index contributed by atoms with van der Waals surface area (Å²) in [5.74, 6) is -0.296. The molecule has 1 N–H and O–H groups in total. The number of likely N-dealkylation sites (tertiary alicyclic amines) is 1. The molecule has 3 aromatic rings. The van der Waals surface area contributed by atoms with E-state index in [0.29, 0.717) is 18.1 Å². The Morgan fingerprint density at radius 1 is 1.35 bits per heavy atom. The lowest BCUT2D eigenvalue weighted by Crippen LogP contribution is -2.29. The minimum atomic E-state index is -0.424. The van der Waals surface area contributed by atoms with Gasteiger partial charge in [0.05, 0.1) is 6.07 Å². The van der Waals surface area contributed by atoms with Gasteiger partial charge >= 0.3 is 6.09 Å². The predicted octanol–water partition coefficient (Wildman–Crippen LogP) is 1.98. The molecule has 1 saturated heterocycles. The zero-order valence-corrected chi connectivity index (χ0v) is 14.6. The molecule has 4 rings (SSSR count). The molecule has 0 bridgehead atoms. The maximum absolute atomic E-state index is 12.3. The van der Waals surface area contributed by atoms with Crippen LogP contribution < -0.4 is 5.56 Å². The predicted molar refractivity (Wildman–Crippen MR) is 94.4 cm³/mol. The van der Waals surface area contributed by atoms with Crippen molar-refractivity contribution in [1.82, 2.24) is 19.5 Å². The number of carbonyl (C=O) groups excluding carboxylic acids is 1. The van der Waals surface area contributed by atoms with Gasteiger partial charge in [0, 0.05) is 19.0 Å². The molecule has 1 unspecified atom stereocenters. The molecule has 8 nitrogen and oxygen atoms in total. The van der Waals surface area contributed by atoms with E-state index >= 15 is 0 Å². The van der Waals surface area contributed by atoms with E-state index in [0.717, 1.165) is 23.1 Å². The minimum Gasteiger partial charge on any atom is -0.493 e. The number of nitrogens with zero attached hydrogens (tertiary/aromatic N) is 4. The first-order chi connectivity index (χ1) is 12.6. The summed E-state index contributed by atoms with van der Waals surface area (Å²) < 4.78 is 6.54. The van der Waals surface area contributed by atoms with Gasteiger partial charge in [0.2, 0.25) is 10.8 Å². The average molecular weight is 372 g/mol. The highest BCUT2D eigenvalue weighted by atomic mass is 32.1. The summed E-state index contributed by atoms with van der Waals surface area (Å²) in [6.07, 6.45) is 0.381. The van der Waals surface area contributed by atoms with Crippen LogP contribution in [0, 0.1) is 0 Å². The molecule has 3 heterocycles. The maximum Gasteiger partial charge on any atom is 0.410 e. The molecule has 1 aliphatic rings. The highest BCUT2D eigenvalue weighted by Gasteiger charge is 2.31. The van der Waals surface area contributed by atoms with E-state index < -0.39 is 5.56 Å². The fourth-order valence-electron chi connectivity index (χ4n) is 2.92. The molecule has 1 aliphatic heterocycles. The number of ether oxygens (including phenoxy) is 1.